The number of carbonyl (C=O) groups excluding carboxylic acids is 1. The fraction of sp³-hybridized carbons (Fsp3) is 0.296. The molecule has 0 aliphatic heterocycles. The topological polar surface area (TPSA) is 112 Å². The average molecular weight is 558 g/mol. The van der Waals surface area contributed by atoms with Gasteiger partial charge in [0.2, 0.25) is 0 Å². The van der Waals surface area contributed by atoms with Crippen LogP contribution in [0.1, 0.15) is 53.3 Å². The van der Waals surface area contributed by atoms with Gasteiger partial charge in [-0.25, -0.2) is 18.4 Å². The summed E-state index contributed by atoms with van der Waals surface area (Å²) in [6, 6.07) is 5.50. The van der Waals surface area contributed by atoms with Crippen LogP contribution in [0.4, 0.5) is 27.6 Å². The summed E-state index contributed by atoms with van der Waals surface area (Å²) in [4.78, 5) is 21.0. The summed E-state index contributed by atoms with van der Waals surface area (Å²) in [5.41, 5.74) is 3.84. The molecule has 1 aliphatic rings. The fourth-order valence-electron chi connectivity index (χ4n) is 5.46. The third-order valence-corrected chi connectivity index (χ3v) is 7.16. The van der Waals surface area contributed by atoms with Gasteiger partial charge in [-0.05, 0) is 60.6 Å². The number of rotatable bonds is 5. The monoisotopic (exact) mass is 557 g/mol. The normalized spacial score (nSPS) is 21.3. The summed E-state index contributed by atoms with van der Waals surface area (Å²) in [6.45, 7) is 2.06. The smallest absolute Gasteiger partial charge is 0.326 e. The number of carbonyl (C=O) groups is 1. The molecule has 5 rings (SSSR count). The van der Waals surface area contributed by atoms with Crippen molar-refractivity contribution >= 4 is 11.6 Å². The zero-order valence-corrected chi connectivity index (χ0v) is 21.1. The molecule has 1 fully saturated rings. The number of alkyl halides is 3. The Morgan fingerprint density at radius 3 is 2.58 bits per heavy atom. The van der Waals surface area contributed by atoms with Crippen LogP contribution in [0.5, 0.6) is 0 Å². The van der Waals surface area contributed by atoms with Crippen molar-refractivity contribution in [3.8, 4) is 11.3 Å². The van der Waals surface area contributed by atoms with Gasteiger partial charge in [0.05, 0.1) is 35.2 Å². The first-order valence-corrected chi connectivity index (χ1v) is 12.4. The molecule has 0 saturated heterocycles. The maximum absolute atomic E-state index is 14.6. The van der Waals surface area contributed by atoms with E-state index in [1.807, 2.05) is 0 Å². The van der Waals surface area contributed by atoms with Gasteiger partial charge >= 0.3 is 6.18 Å². The molecule has 0 spiro atoms. The van der Waals surface area contributed by atoms with Gasteiger partial charge in [-0.1, -0.05) is 18.2 Å². The molecule has 1 aromatic carbocycles. The first kappa shape index (κ1) is 27.3. The largest absolute Gasteiger partial charge is 0.417 e. The number of nitrogens with zero attached hydrogens (tertiary/aromatic N) is 5. The number of pyridine rings is 2. The number of anilines is 1. The Balaban J connectivity index is 1.42. The molecule has 4 unspecified atom stereocenters. The molecule has 4 atom stereocenters. The molecule has 13 heteroatoms. The molecule has 1 aliphatic carbocycles. The number of aromatic nitrogens is 5. The highest BCUT2D eigenvalue weighted by atomic mass is 19.4. The molecule has 3 heterocycles. The third kappa shape index (κ3) is 5.28. The predicted octanol–water partition coefficient (Wildman–Crippen LogP) is 5.37. The van der Waals surface area contributed by atoms with Gasteiger partial charge in [-0.3, -0.25) is 9.78 Å². The fourth-order valence-corrected chi connectivity index (χ4v) is 5.46. The SMILES string of the molecule is CC1CC(c2ccncc2NC(=O)c2ccc(F)c(-c3c(F)cccc3C(F)(F)F)n2)CC(N)C1n1ccnn1. The Bertz CT molecular complexity index is 1510. The summed E-state index contributed by atoms with van der Waals surface area (Å²) in [5.74, 6) is -3.28. The van der Waals surface area contributed by atoms with Gasteiger partial charge in [0.25, 0.3) is 5.91 Å². The molecule has 1 saturated carbocycles. The molecule has 4 aromatic rings. The lowest BCUT2D eigenvalue weighted by molar-refractivity contribution is -0.137. The van der Waals surface area contributed by atoms with Crippen LogP contribution in [0, 0.1) is 17.6 Å². The van der Waals surface area contributed by atoms with Crippen molar-refractivity contribution in [1.29, 1.82) is 0 Å². The second-order valence-electron chi connectivity index (χ2n) is 9.79. The van der Waals surface area contributed by atoms with Gasteiger partial charge < -0.3 is 11.1 Å². The van der Waals surface area contributed by atoms with Crippen LogP contribution < -0.4 is 11.1 Å². The van der Waals surface area contributed by atoms with E-state index in [2.05, 4.69) is 32.5 Å². The van der Waals surface area contributed by atoms with Gasteiger partial charge in [0.1, 0.15) is 23.0 Å². The van der Waals surface area contributed by atoms with Gasteiger partial charge in [-0.2, -0.15) is 13.2 Å². The number of amides is 1. The zero-order valence-electron chi connectivity index (χ0n) is 21.1. The average Bonchev–Trinajstić information content (AvgIpc) is 3.43. The Morgan fingerprint density at radius 1 is 1.07 bits per heavy atom. The third-order valence-electron chi connectivity index (χ3n) is 7.16. The maximum Gasteiger partial charge on any atom is 0.417 e. The number of nitrogens with two attached hydrogens (primary N) is 1. The molecule has 8 nitrogen and oxygen atoms in total. The Hall–Kier alpha value is -4.26. The Kier molecular flexibility index (Phi) is 7.32. The van der Waals surface area contributed by atoms with Crippen molar-refractivity contribution in [2.75, 3.05) is 5.32 Å². The van der Waals surface area contributed by atoms with E-state index >= 15 is 0 Å². The molecule has 0 bridgehead atoms. The maximum atomic E-state index is 14.6. The molecular formula is C27H24F5N7O. The van der Waals surface area contributed by atoms with E-state index < -0.39 is 46.2 Å². The first-order valence-electron chi connectivity index (χ1n) is 12.4. The summed E-state index contributed by atoms with van der Waals surface area (Å²) >= 11 is 0. The highest BCUT2D eigenvalue weighted by Crippen LogP contribution is 2.43. The zero-order chi connectivity index (χ0) is 28.6. The summed E-state index contributed by atoms with van der Waals surface area (Å²) in [6.07, 6.45) is 2.70. The van der Waals surface area contributed by atoms with Crippen LogP contribution in [0.15, 0.2) is 61.2 Å². The highest BCUT2D eigenvalue weighted by molar-refractivity contribution is 6.03. The van der Waals surface area contributed by atoms with Crippen molar-refractivity contribution in [3.05, 3.63) is 89.6 Å². The summed E-state index contributed by atoms with van der Waals surface area (Å²) in [5, 5.41) is 10.6. The molecule has 3 aromatic heterocycles. The number of halogens is 5. The molecule has 0 radical (unpaired) electrons. The van der Waals surface area contributed by atoms with E-state index in [0.29, 0.717) is 18.2 Å². The van der Waals surface area contributed by atoms with Crippen LogP contribution in [-0.2, 0) is 6.18 Å². The second-order valence-corrected chi connectivity index (χ2v) is 9.79. The van der Waals surface area contributed by atoms with Gasteiger partial charge in [0.15, 0.2) is 0 Å². The second kappa shape index (κ2) is 10.7. The van der Waals surface area contributed by atoms with E-state index in [1.54, 1.807) is 29.3 Å². The number of hydrogen-bond donors (Lipinski definition) is 2. The van der Waals surface area contributed by atoms with Crippen molar-refractivity contribution in [1.82, 2.24) is 25.0 Å². The first-order chi connectivity index (χ1) is 19.0. The number of nitrogens with one attached hydrogen (secondary N) is 1. The Morgan fingerprint density at radius 2 is 1.88 bits per heavy atom. The van der Waals surface area contributed by atoms with Crippen LogP contribution in [0.2, 0.25) is 0 Å². The molecular weight excluding hydrogens is 533 g/mol. The van der Waals surface area contributed by atoms with Gasteiger partial charge in [-0.15, -0.1) is 5.10 Å². The van der Waals surface area contributed by atoms with Gasteiger partial charge in [0, 0.05) is 18.4 Å². The minimum Gasteiger partial charge on any atom is -0.326 e. The minimum absolute atomic E-state index is 0.0485. The van der Waals surface area contributed by atoms with E-state index in [-0.39, 0.29) is 23.9 Å². The van der Waals surface area contributed by atoms with Crippen LogP contribution in [-0.4, -0.2) is 36.9 Å². The lowest BCUT2D eigenvalue weighted by Crippen LogP contribution is -2.42. The van der Waals surface area contributed by atoms with E-state index in [1.165, 1.54) is 6.20 Å². The minimum atomic E-state index is -4.97. The summed E-state index contributed by atoms with van der Waals surface area (Å²) in [7, 11) is 0. The quantitative estimate of drug-likeness (QED) is 0.320. The van der Waals surface area contributed by atoms with E-state index in [9.17, 15) is 26.7 Å². The molecule has 1 amide bonds. The van der Waals surface area contributed by atoms with Crippen LogP contribution in [0.3, 0.4) is 0 Å². The predicted molar refractivity (Wildman–Crippen MR) is 135 cm³/mol. The van der Waals surface area contributed by atoms with Crippen molar-refractivity contribution in [2.45, 2.75) is 43.9 Å². The van der Waals surface area contributed by atoms with Crippen LogP contribution in [0.25, 0.3) is 11.3 Å². The summed E-state index contributed by atoms with van der Waals surface area (Å²) < 4.78 is 71.6. The van der Waals surface area contributed by atoms with E-state index in [4.69, 9.17) is 5.73 Å². The number of benzene rings is 1. The molecule has 3 N–H and O–H groups in total. The van der Waals surface area contributed by atoms with Crippen molar-refractivity contribution in [3.63, 3.8) is 0 Å². The lowest BCUT2D eigenvalue weighted by Gasteiger charge is -2.39. The standard InChI is InChI=1S/C27H24F5N7O/c1-14-11-15(12-20(33)25(14)39-10-9-35-38-39)16-7-8-34-13-22(16)37-26(40)21-6-5-19(29)24(36-21)23-17(27(30,31)32)3-2-4-18(23)28/h2-10,13-15,20,25H,11-12,33H2,1H3,(H,37,40). The van der Waals surface area contributed by atoms with Crippen molar-refractivity contribution < 1.29 is 26.7 Å². The van der Waals surface area contributed by atoms with E-state index in [0.717, 1.165) is 36.2 Å². The number of hydrogen-bond acceptors (Lipinski definition) is 6. The molecule has 208 valence electrons. The lowest BCUT2D eigenvalue weighted by atomic mass is 9.73. The highest BCUT2D eigenvalue weighted by Gasteiger charge is 2.38. The Labute approximate surface area is 225 Å². The van der Waals surface area contributed by atoms with Crippen LogP contribution >= 0.6 is 0 Å². The molecule has 40 heavy (non-hydrogen) atoms. The van der Waals surface area contributed by atoms with Crippen molar-refractivity contribution in [2.24, 2.45) is 11.7 Å².